The molecule has 0 aliphatic heterocycles. The second-order valence-corrected chi connectivity index (χ2v) is 10.3. The summed E-state index contributed by atoms with van der Waals surface area (Å²) in [6.45, 7) is 0. The quantitative estimate of drug-likeness (QED) is 0.104. The number of para-hydroxylation sites is 2. The van der Waals surface area contributed by atoms with Crippen LogP contribution >= 0.6 is 11.3 Å². The van der Waals surface area contributed by atoms with Gasteiger partial charge in [-0.1, -0.05) is 60.7 Å². The number of nitriles is 2. The van der Waals surface area contributed by atoms with Crippen molar-refractivity contribution in [1.82, 2.24) is 0 Å². The lowest BCUT2D eigenvalue weighted by molar-refractivity contribution is 0.0894. The van der Waals surface area contributed by atoms with E-state index in [0.717, 1.165) is 32.4 Å². The summed E-state index contributed by atoms with van der Waals surface area (Å²) in [6, 6.07) is 41.9. The first-order valence-corrected chi connectivity index (χ1v) is 13.7. The molecule has 5 nitrogen and oxygen atoms in total. The Balaban J connectivity index is 1.28. The number of nitrogens with zero attached hydrogens (tertiary/aromatic N) is 3. The molecule has 0 aliphatic rings. The van der Waals surface area contributed by atoms with Gasteiger partial charge in [0.2, 0.25) is 0 Å². The first-order valence-electron chi connectivity index (χ1n) is 12.8. The lowest BCUT2D eigenvalue weighted by Gasteiger charge is -2.25. The van der Waals surface area contributed by atoms with Crippen LogP contribution in [-0.4, -0.2) is 11.6 Å². The fourth-order valence-electron chi connectivity index (χ4n) is 4.39. The number of carbonyl (C=O) groups excluding carboxylic acids is 2. The minimum atomic E-state index is -0.247. The van der Waals surface area contributed by atoms with Crippen molar-refractivity contribution < 1.29 is 9.59 Å². The predicted molar refractivity (Wildman–Crippen MR) is 163 cm³/mol. The van der Waals surface area contributed by atoms with E-state index in [0.29, 0.717) is 11.1 Å². The predicted octanol–water partition coefficient (Wildman–Crippen LogP) is 8.77. The van der Waals surface area contributed by atoms with E-state index in [4.69, 9.17) is 10.5 Å². The number of benzene rings is 4. The number of rotatable bonds is 9. The zero-order valence-corrected chi connectivity index (χ0v) is 22.7. The van der Waals surface area contributed by atoms with Crippen LogP contribution in [0.5, 0.6) is 0 Å². The van der Waals surface area contributed by atoms with Gasteiger partial charge < -0.3 is 4.90 Å². The molecule has 0 spiro atoms. The Hall–Kier alpha value is -5.56. The van der Waals surface area contributed by atoms with Gasteiger partial charge in [-0.05, 0) is 72.3 Å². The number of hydrogen-bond donors (Lipinski definition) is 0. The van der Waals surface area contributed by atoms with Crippen LogP contribution in [0, 0.1) is 22.7 Å². The van der Waals surface area contributed by atoms with E-state index in [9.17, 15) is 9.59 Å². The molecule has 1 aromatic heterocycles. The molecule has 5 aromatic rings. The molecule has 4 aromatic carbocycles. The third-order valence-corrected chi connectivity index (χ3v) is 7.52. The van der Waals surface area contributed by atoms with Crippen molar-refractivity contribution in [3.05, 3.63) is 143 Å². The van der Waals surface area contributed by atoms with Gasteiger partial charge in [-0.25, -0.2) is 0 Å². The van der Waals surface area contributed by atoms with E-state index in [1.54, 1.807) is 30.3 Å². The van der Waals surface area contributed by atoms with Gasteiger partial charge >= 0.3 is 0 Å². The highest BCUT2D eigenvalue weighted by Crippen LogP contribution is 2.34. The largest absolute Gasteiger partial charge is 0.311 e. The van der Waals surface area contributed by atoms with Crippen molar-refractivity contribution in [3.8, 4) is 22.6 Å². The highest BCUT2D eigenvalue weighted by atomic mass is 32.1. The van der Waals surface area contributed by atoms with Gasteiger partial charge in [0.25, 0.3) is 0 Å². The molecule has 41 heavy (non-hydrogen) atoms. The zero-order valence-electron chi connectivity index (χ0n) is 21.9. The van der Waals surface area contributed by atoms with E-state index < -0.39 is 0 Å². The van der Waals surface area contributed by atoms with Crippen molar-refractivity contribution in [2.45, 2.75) is 6.42 Å². The Labute approximate surface area is 242 Å². The molecule has 0 saturated heterocycles. The Kier molecular flexibility index (Phi) is 8.26. The highest BCUT2D eigenvalue weighted by molar-refractivity contribution is 7.16. The second-order valence-electron chi connectivity index (χ2n) is 9.14. The van der Waals surface area contributed by atoms with E-state index >= 15 is 0 Å². The summed E-state index contributed by atoms with van der Waals surface area (Å²) in [5.74, 6) is -0.486. The van der Waals surface area contributed by atoms with E-state index in [1.165, 1.54) is 11.3 Å². The maximum atomic E-state index is 13.0. The van der Waals surface area contributed by atoms with Crippen LogP contribution in [0.15, 0.2) is 127 Å². The average molecular weight is 550 g/mol. The number of Topliss-reactive ketones (excluding diaryl/α,β-unsaturated/α-hetero) is 2. The first kappa shape index (κ1) is 27.0. The average Bonchev–Trinajstić information content (AvgIpc) is 3.50. The van der Waals surface area contributed by atoms with E-state index in [1.807, 2.05) is 109 Å². The Morgan fingerprint density at radius 2 is 1.12 bits per heavy atom. The first-order chi connectivity index (χ1) is 20.1. The van der Waals surface area contributed by atoms with Crippen LogP contribution < -0.4 is 4.90 Å². The topological polar surface area (TPSA) is 85.0 Å². The van der Waals surface area contributed by atoms with Gasteiger partial charge in [0.1, 0.15) is 17.7 Å². The molecule has 0 radical (unpaired) electrons. The summed E-state index contributed by atoms with van der Waals surface area (Å²) < 4.78 is 0. The summed E-state index contributed by atoms with van der Waals surface area (Å²) in [4.78, 5) is 29.8. The van der Waals surface area contributed by atoms with Crippen molar-refractivity contribution >= 4 is 46.0 Å². The van der Waals surface area contributed by atoms with Gasteiger partial charge in [0.05, 0.1) is 6.42 Å². The maximum Gasteiger partial charge on any atom is 0.170 e. The molecule has 0 bridgehead atoms. The minimum absolute atomic E-state index is 0.0448. The van der Waals surface area contributed by atoms with E-state index in [2.05, 4.69) is 4.90 Å². The molecule has 196 valence electrons. The van der Waals surface area contributed by atoms with Gasteiger partial charge in [0, 0.05) is 37.9 Å². The SMILES string of the molecule is N#CC(C#N)=Cc1ccc(-c2ccc(C(=O)CC(=O)c3ccc(N(c4ccccc4)c4ccccc4)cc3)cc2)s1. The number of anilines is 3. The Morgan fingerprint density at radius 1 is 0.634 bits per heavy atom. The monoisotopic (exact) mass is 549 g/mol. The minimum Gasteiger partial charge on any atom is -0.311 e. The van der Waals surface area contributed by atoms with Crippen molar-refractivity contribution in [2.24, 2.45) is 0 Å². The summed E-state index contributed by atoms with van der Waals surface area (Å²) in [5, 5.41) is 17.9. The molecule has 0 atom stereocenters. The fourth-order valence-corrected chi connectivity index (χ4v) is 5.34. The van der Waals surface area contributed by atoms with Crippen molar-refractivity contribution in [2.75, 3.05) is 4.90 Å². The molecule has 6 heteroatoms. The molecule has 0 fully saturated rings. The van der Waals surface area contributed by atoms with Crippen LogP contribution in [-0.2, 0) is 0 Å². The third kappa shape index (κ3) is 6.37. The summed E-state index contributed by atoms with van der Waals surface area (Å²) >= 11 is 1.45. The number of ketones is 2. The Bertz CT molecular complexity index is 1740. The summed E-state index contributed by atoms with van der Waals surface area (Å²) in [6.07, 6.45) is 1.32. The van der Waals surface area contributed by atoms with E-state index in [-0.39, 0.29) is 23.6 Å². The van der Waals surface area contributed by atoms with Crippen LogP contribution in [0.2, 0.25) is 0 Å². The highest BCUT2D eigenvalue weighted by Gasteiger charge is 2.16. The second kappa shape index (κ2) is 12.5. The van der Waals surface area contributed by atoms with Gasteiger partial charge in [-0.2, -0.15) is 10.5 Å². The molecular formula is C35H23N3O2S. The molecule has 0 saturated carbocycles. The number of allylic oxidation sites excluding steroid dienone is 1. The number of hydrogen-bond acceptors (Lipinski definition) is 6. The normalized spacial score (nSPS) is 10.2. The standard InChI is InChI=1S/C35H23N3O2S/c36-23-25(24-37)21-32-19-20-35(41-32)28-13-11-26(12-14-28)33(39)22-34(40)27-15-17-31(18-16-27)38(29-7-3-1-4-8-29)30-9-5-2-6-10-30/h1-21H,22H2. The molecule has 5 rings (SSSR count). The zero-order chi connectivity index (χ0) is 28.6. The summed E-state index contributed by atoms with van der Waals surface area (Å²) in [5.41, 5.74) is 4.80. The Morgan fingerprint density at radius 3 is 1.63 bits per heavy atom. The van der Waals surface area contributed by atoms with Crippen LogP contribution in [0.1, 0.15) is 32.0 Å². The molecule has 1 heterocycles. The van der Waals surface area contributed by atoms with Crippen LogP contribution in [0.3, 0.4) is 0 Å². The molecular weight excluding hydrogens is 526 g/mol. The smallest absolute Gasteiger partial charge is 0.170 e. The summed E-state index contributed by atoms with van der Waals surface area (Å²) in [7, 11) is 0. The third-order valence-electron chi connectivity index (χ3n) is 6.44. The van der Waals surface area contributed by atoms with Crippen LogP contribution in [0.4, 0.5) is 17.1 Å². The fraction of sp³-hybridized carbons (Fsp3) is 0.0286. The van der Waals surface area contributed by atoms with Gasteiger partial charge in [-0.3, -0.25) is 9.59 Å². The lowest BCUT2D eigenvalue weighted by Crippen LogP contribution is -2.11. The van der Waals surface area contributed by atoms with Crippen LogP contribution in [0.25, 0.3) is 16.5 Å². The molecule has 0 N–H and O–H groups in total. The maximum absolute atomic E-state index is 13.0. The van der Waals surface area contributed by atoms with Gasteiger partial charge in [-0.15, -0.1) is 11.3 Å². The van der Waals surface area contributed by atoms with Gasteiger partial charge in [0.15, 0.2) is 11.6 Å². The van der Waals surface area contributed by atoms with Crippen molar-refractivity contribution in [3.63, 3.8) is 0 Å². The lowest BCUT2D eigenvalue weighted by atomic mass is 10.00. The van der Waals surface area contributed by atoms with Crippen molar-refractivity contribution in [1.29, 1.82) is 10.5 Å². The molecule has 0 unspecified atom stereocenters. The number of carbonyl (C=O) groups is 2. The number of thiophene rings is 1. The molecule has 0 amide bonds. The molecule has 0 aliphatic carbocycles.